The van der Waals surface area contributed by atoms with E-state index in [0.29, 0.717) is 6.04 Å². The Morgan fingerprint density at radius 2 is 1.95 bits per heavy atom. The third kappa shape index (κ3) is 4.20. The van der Waals surface area contributed by atoms with E-state index in [2.05, 4.69) is 4.90 Å². The molecule has 4 nitrogen and oxygen atoms in total. The second-order valence-electron chi connectivity index (χ2n) is 5.10. The van der Waals surface area contributed by atoms with Gasteiger partial charge in [-0.25, -0.2) is 0 Å². The van der Waals surface area contributed by atoms with Gasteiger partial charge in [-0.1, -0.05) is 12.1 Å². The molecule has 0 saturated heterocycles. The molecule has 19 heavy (non-hydrogen) atoms. The molecule has 2 rings (SSSR count). The molecule has 0 bridgehead atoms. The van der Waals surface area contributed by atoms with Crippen LogP contribution < -0.4 is 10.5 Å². The minimum Gasteiger partial charge on any atom is -0.497 e. The topological polar surface area (TPSA) is 47.7 Å². The van der Waals surface area contributed by atoms with Crippen LogP contribution in [0.3, 0.4) is 0 Å². The van der Waals surface area contributed by atoms with Crippen molar-refractivity contribution in [2.75, 3.05) is 33.9 Å². The van der Waals surface area contributed by atoms with Crippen molar-refractivity contribution in [3.8, 4) is 5.75 Å². The second kappa shape index (κ2) is 6.89. The summed E-state index contributed by atoms with van der Waals surface area (Å²) in [6, 6.07) is 8.77. The number of nitrogens with two attached hydrogens (primary N) is 1. The number of rotatable bonds is 8. The van der Waals surface area contributed by atoms with Crippen LogP contribution in [0.15, 0.2) is 24.3 Å². The highest BCUT2D eigenvalue weighted by atomic mass is 16.5. The van der Waals surface area contributed by atoms with Gasteiger partial charge in [0, 0.05) is 32.3 Å². The maximum atomic E-state index is 6.30. The SMILES string of the molecule is COCCN(CC(N)c1ccc(OC)cc1)C1CC1. The number of hydrogen-bond donors (Lipinski definition) is 1. The lowest BCUT2D eigenvalue weighted by Gasteiger charge is -2.25. The van der Waals surface area contributed by atoms with Crippen LogP contribution in [0.1, 0.15) is 24.4 Å². The molecule has 1 unspecified atom stereocenters. The molecule has 1 saturated carbocycles. The van der Waals surface area contributed by atoms with Gasteiger partial charge in [-0.2, -0.15) is 0 Å². The van der Waals surface area contributed by atoms with Gasteiger partial charge < -0.3 is 15.2 Å². The number of benzene rings is 1. The highest BCUT2D eigenvalue weighted by Crippen LogP contribution is 2.28. The molecule has 1 aromatic carbocycles. The van der Waals surface area contributed by atoms with Gasteiger partial charge >= 0.3 is 0 Å². The zero-order chi connectivity index (χ0) is 13.7. The molecule has 1 aliphatic carbocycles. The van der Waals surface area contributed by atoms with Gasteiger partial charge in [0.2, 0.25) is 0 Å². The molecule has 106 valence electrons. The normalized spacial score (nSPS) is 16.6. The van der Waals surface area contributed by atoms with Crippen LogP contribution in [0.25, 0.3) is 0 Å². The van der Waals surface area contributed by atoms with Crippen molar-refractivity contribution >= 4 is 0 Å². The summed E-state index contributed by atoms with van der Waals surface area (Å²) < 4.78 is 10.3. The second-order valence-corrected chi connectivity index (χ2v) is 5.10. The first-order valence-corrected chi connectivity index (χ1v) is 6.87. The van der Waals surface area contributed by atoms with Crippen molar-refractivity contribution in [2.24, 2.45) is 5.73 Å². The molecule has 0 amide bonds. The Balaban J connectivity index is 1.91. The van der Waals surface area contributed by atoms with Crippen molar-refractivity contribution in [3.05, 3.63) is 29.8 Å². The Morgan fingerprint density at radius 3 is 2.47 bits per heavy atom. The van der Waals surface area contributed by atoms with Gasteiger partial charge in [0.05, 0.1) is 13.7 Å². The van der Waals surface area contributed by atoms with Crippen LogP contribution in [0, 0.1) is 0 Å². The van der Waals surface area contributed by atoms with Crippen LogP contribution in [0.4, 0.5) is 0 Å². The van der Waals surface area contributed by atoms with Crippen LogP contribution in [0.5, 0.6) is 5.75 Å². The third-order valence-corrected chi connectivity index (χ3v) is 3.62. The average Bonchev–Trinajstić information content (AvgIpc) is 3.28. The summed E-state index contributed by atoms with van der Waals surface area (Å²) in [5, 5.41) is 0. The molecule has 1 aliphatic rings. The van der Waals surface area contributed by atoms with Gasteiger partial charge in [0.1, 0.15) is 5.75 Å². The van der Waals surface area contributed by atoms with E-state index in [9.17, 15) is 0 Å². The van der Waals surface area contributed by atoms with E-state index in [1.807, 2.05) is 24.3 Å². The highest BCUT2D eigenvalue weighted by Gasteiger charge is 2.29. The third-order valence-electron chi connectivity index (χ3n) is 3.62. The maximum absolute atomic E-state index is 6.30. The van der Waals surface area contributed by atoms with E-state index in [-0.39, 0.29) is 6.04 Å². The van der Waals surface area contributed by atoms with Crippen LogP contribution in [0.2, 0.25) is 0 Å². The molecular formula is C15H24N2O2. The van der Waals surface area contributed by atoms with Gasteiger partial charge in [0.15, 0.2) is 0 Å². The van der Waals surface area contributed by atoms with Crippen molar-refractivity contribution in [1.29, 1.82) is 0 Å². The van der Waals surface area contributed by atoms with E-state index < -0.39 is 0 Å². The summed E-state index contributed by atoms with van der Waals surface area (Å²) in [6.45, 7) is 2.62. The van der Waals surface area contributed by atoms with E-state index in [1.165, 1.54) is 12.8 Å². The molecule has 0 spiro atoms. The summed E-state index contributed by atoms with van der Waals surface area (Å²) in [5.74, 6) is 0.870. The number of hydrogen-bond acceptors (Lipinski definition) is 4. The fourth-order valence-corrected chi connectivity index (χ4v) is 2.28. The summed E-state index contributed by atoms with van der Waals surface area (Å²) in [4.78, 5) is 2.44. The minimum atomic E-state index is 0.0448. The van der Waals surface area contributed by atoms with E-state index >= 15 is 0 Å². The largest absolute Gasteiger partial charge is 0.497 e. The van der Waals surface area contributed by atoms with Crippen molar-refractivity contribution < 1.29 is 9.47 Å². The van der Waals surface area contributed by atoms with Gasteiger partial charge in [-0.05, 0) is 30.5 Å². The zero-order valence-corrected chi connectivity index (χ0v) is 11.8. The monoisotopic (exact) mass is 264 g/mol. The van der Waals surface area contributed by atoms with Crippen molar-refractivity contribution in [1.82, 2.24) is 4.90 Å². The van der Waals surface area contributed by atoms with Crippen molar-refractivity contribution in [2.45, 2.75) is 24.9 Å². The quantitative estimate of drug-likeness (QED) is 0.778. The van der Waals surface area contributed by atoms with Gasteiger partial charge in [-0.15, -0.1) is 0 Å². The summed E-state index contributed by atoms with van der Waals surface area (Å²) in [7, 11) is 3.42. The molecule has 4 heteroatoms. The molecule has 1 fully saturated rings. The Bertz CT molecular complexity index is 376. The number of nitrogens with zero attached hydrogens (tertiary/aromatic N) is 1. The molecule has 0 aromatic heterocycles. The lowest BCUT2D eigenvalue weighted by Crippen LogP contribution is -2.36. The standard InChI is InChI=1S/C15H24N2O2/c1-18-10-9-17(13-5-6-13)11-15(16)12-3-7-14(19-2)8-4-12/h3-4,7-8,13,15H,5-6,9-11,16H2,1-2H3. The summed E-state index contributed by atoms with van der Waals surface area (Å²) in [6.07, 6.45) is 2.58. The Labute approximate surface area is 115 Å². The lowest BCUT2D eigenvalue weighted by atomic mass is 10.1. The van der Waals surface area contributed by atoms with Gasteiger partial charge in [0.25, 0.3) is 0 Å². The van der Waals surface area contributed by atoms with E-state index in [4.69, 9.17) is 15.2 Å². The first-order valence-electron chi connectivity index (χ1n) is 6.87. The highest BCUT2D eigenvalue weighted by molar-refractivity contribution is 5.29. The predicted molar refractivity (Wildman–Crippen MR) is 76.4 cm³/mol. The molecule has 2 N–H and O–H groups in total. The average molecular weight is 264 g/mol. The molecule has 0 radical (unpaired) electrons. The Morgan fingerprint density at radius 1 is 1.26 bits per heavy atom. The summed E-state index contributed by atoms with van der Waals surface area (Å²) in [5.41, 5.74) is 7.46. The first kappa shape index (κ1) is 14.3. The molecule has 0 heterocycles. The number of ether oxygens (including phenoxy) is 2. The van der Waals surface area contributed by atoms with Gasteiger partial charge in [-0.3, -0.25) is 4.90 Å². The van der Waals surface area contributed by atoms with E-state index in [0.717, 1.165) is 31.0 Å². The first-order chi connectivity index (χ1) is 9.24. The molecule has 0 aliphatic heterocycles. The number of methoxy groups -OCH3 is 2. The molecule has 1 aromatic rings. The lowest BCUT2D eigenvalue weighted by molar-refractivity contribution is 0.139. The predicted octanol–water partition coefficient (Wildman–Crippen LogP) is 1.81. The maximum Gasteiger partial charge on any atom is 0.118 e. The van der Waals surface area contributed by atoms with Crippen LogP contribution >= 0.6 is 0 Å². The van der Waals surface area contributed by atoms with Crippen LogP contribution in [-0.4, -0.2) is 44.9 Å². The Kier molecular flexibility index (Phi) is 5.19. The van der Waals surface area contributed by atoms with E-state index in [1.54, 1.807) is 14.2 Å². The minimum absolute atomic E-state index is 0.0448. The van der Waals surface area contributed by atoms with Crippen molar-refractivity contribution in [3.63, 3.8) is 0 Å². The summed E-state index contributed by atoms with van der Waals surface area (Å²) >= 11 is 0. The zero-order valence-electron chi connectivity index (χ0n) is 11.8. The molecule has 1 atom stereocenters. The fraction of sp³-hybridized carbons (Fsp3) is 0.600. The Hall–Kier alpha value is -1.10. The smallest absolute Gasteiger partial charge is 0.118 e. The van der Waals surface area contributed by atoms with Crippen LogP contribution in [-0.2, 0) is 4.74 Å². The fourth-order valence-electron chi connectivity index (χ4n) is 2.28. The molecular weight excluding hydrogens is 240 g/mol.